The fourth-order valence-electron chi connectivity index (χ4n) is 3.82. The molecule has 0 bridgehead atoms. The lowest BCUT2D eigenvalue weighted by atomic mass is 10.1. The SMILES string of the molecule is CN=C(NCCc1c[nH]c2ccccc12)NCc1ccc(OC2CCCC2)nc1.I. The quantitative estimate of drug-likeness (QED) is 0.246. The van der Waals surface area contributed by atoms with Gasteiger partial charge in [-0.1, -0.05) is 24.3 Å². The highest BCUT2D eigenvalue weighted by molar-refractivity contribution is 14.0. The van der Waals surface area contributed by atoms with Crippen molar-refractivity contribution in [2.75, 3.05) is 13.6 Å². The highest BCUT2D eigenvalue weighted by atomic mass is 127. The van der Waals surface area contributed by atoms with Crippen LogP contribution in [-0.4, -0.2) is 35.6 Å². The molecule has 1 aliphatic rings. The lowest BCUT2D eigenvalue weighted by molar-refractivity contribution is 0.201. The van der Waals surface area contributed by atoms with Gasteiger partial charge >= 0.3 is 0 Å². The maximum absolute atomic E-state index is 5.93. The predicted molar refractivity (Wildman–Crippen MR) is 133 cm³/mol. The number of halogens is 1. The molecule has 30 heavy (non-hydrogen) atoms. The first kappa shape index (κ1) is 22.4. The number of rotatable bonds is 7. The summed E-state index contributed by atoms with van der Waals surface area (Å²) in [5.74, 6) is 1.51. The smallest absolute Gasteiger partial charge is 0.213 e. The monoisotopic (exact) mass is 519 g/mol. The number of H-pyrrole nitrogens is 1. The second-order valence-electron chi connectivity index (χ2n) is 7.49. The van der Waals surface area contributed by atoms with Crippen molar-refractivity contribution in [1.29, 1.82) is 0 Å². The maximum atomic E-state index is 5.93. The molecule has 0 amide bonds. The van der Waals surface area contributed by atoms with E-state index < -0.39 is 0 Å². The zero-order chi connectivity index (χ0) is 19.9. The van der Waals surface area contributed by atoms with Gasteiger partial charge in [-0.05, 0) is 49.3 Å². The maximum Gasteiger partial charge on any atom is 0.213 e. The molecule has 7 heteroatoms. The topological polar surface area (TPSA) is 74.3 Å². The molecule has 6 nitrogen and oxygen atoms in total. The fourth-order valence-corrected chi connectivity index (χ4v) is 3.82. The molecule has 0 unspecified atom stereocenters. The standard InChI is InChI=1S/C23H29N5O.HI/c1-24-23(25-13-12-18-16-26-21-9-5-4-8-20(18)21)28-15-17-10-11-22(27-14-17)29-19-6-2-3-7-19;/h4-5,8-11,14,16,19,26H,2-3,6-7,12-13,15H2,1H3,(H2,24,25,28);1H. The average molecular weight is 519 g/mol. The molecule has 1 aliphatic carbocycles. The van der Waals surface area contributed by atoms with Crippen LogP contribution in [0.1, 0.15) is 36.8 Å². The van der Waals surface area contributed by atoms with Crippen LogP contribution in [0.2, 0.25) is 0 Å². The van der Waals surface area contributed by atoms with Gasteiger partial charge in [0.05, 0.1) is 0 Å². The van der Waals surface area contributed by atoms with Crippen LogP contribution in [0.25, 0.3) is 10.9 Å². The van der Waals surface area contributed by atoms with E-state index in [0.29, 0.717) is 12.6 Å². The van der Waals surface area contributed by atoms with Crippen molar-refractivity contribution in [3.05, 3.63) is 59.9 Å². The first-order valence-electron chi connectivity index (χ1n) is 10.4. The summed E-state index contributed by atoms with van der Waals surface area (Å²) in [7, 11) is 1.79. The van der Waals surface area contributed by atoms with Crippen LogP contribution in [0.5, 0.6) is 5.88 Å². The van der Waals surface area contributed by atoms with E-state index in [2.05, 4.69) is 62.1 Å². The number of fused-ring (bicyclic) bond motifs is 1. The van der Waals surface area contributed by atoms with Crippen molar-refractivity contribution in [2.45, 2.75) is 44.8 Å². The van der Waals surface area contributed by atoms with E-state index in [4.69, 9.17) is 4.74 Å². The number of para-hydroxylation sites is 1. The first-order chi connectivity index (χ1) is 14.3. The van der Waals surface area contributed by atoms with Gasteiger partial charge < -0.3 is 20.4 Å². The van der Waals surface area contributed by atoms with Crippen molar-refractivity contribution in [1.82, 2.24) is 20.6 Å². The summed E-state index contributed by atoms with van der Waals surface area (Å²) in [4.78, 5) is 12.1. The van der Waals surface area contributed by atoms with Gasteiger partial charge in [-0.25, -0.2) is 4.98 Å². The van der Waals surface area contributed by atoms with Gasteiger partial charge in [0.2, 0.25) is 5.88 Å². The van der Waals surface area contributed by atoms with E-state index in [0.717, 1.165) is 43.2 Å². The zero-order valence-corrected chi connectivity index (χ0v) is 19.7. The number of guanidine groups is 1. The van der Waals surface area contributed by atoms with Gasteiger partial charge in [0.1, 0.15) is 6.10 Å². The summed E-state index contributed by atoms with van der Waals surface area (Å²) in [6.45, 7) is 1.48. The molecule has 3 aromatic rings. The molecular formula is C23H30IN5O. The molecule has 0 aliphatic heterocycles. The third-order valence-electron chi connectivity index (χ3n) is 5.43. The Morgan fingerprint density at radius 3 is 2.77 bits per heavy atom. The van der Waals surface area contributed by atoms with Crippen molar-refractivity contribution in [2.24, 2.45) is 4.99 Å². The molecule has 1 aromatic carbocycles. The Morgan fingerprint density at radius 1 is 1.17 bits per heavy atom. The second-order valence-corrected chi connectivity index (χ2v) is 7.49. The van der Waals surface area contributed by atoms with E-state index in [1.54, 1.807) is 7.05 Å². The Labute approximate surface area is 194 Å². The Kier molecular flexibility index (Phi) is 8.36. The highest BCUT2D eigenvalue weighted by Gasteiger charge is 2.16. The Balaban J connectivity index is 0.00000256. The predicted octanol–water partition coefficient (Wildman–Crippen LogP) is 4.41. The minimum absolute atomic E-state index is 0. The summed E-state index contributed by atoms with van der Waals surface area (Å²) >= 11 is 0. The van der Waals surface area contributed by atoms with Crippen LogP contribution in [0.15, 0.2) is 53.8 Å². The van der Waals surface area contributed by atoms with Crippen LogP contribution in [0.3, 0.4) is 0 Å². The van der Waals surface area contributed by atoms with E-state index in [1.807, 2.05) is 12.3 Å². The summed E-state index contributed by atoms with van der Waals surface area (Å²) < 4.78 is 5.93. The summed E-state index contributed by atoms with van der Waals surface area (Å²) in [6, 6.07) is 12.4. The lowest BCUT2D eigenvalue weighted by Crippen LogP contribution is -2.37. The lowest BCUT2D eigenvalue weighted by Gasteiger charge is -2.13. The van der Waals surface area contributed by atoms with E-state index in [9.17, 15) is 0 Å². The minimum Gasteiger partial charge on any atom is -0.474 e. The number of aromatic amines is 1. The normalized spacial score (nSPS) is 14.5. The van der Waals surface area contributed by atoms with Crippen LogP contribution in [0, 0.1) is 0 Å². The number of aromatic nitrogens is 2. The molecule has 4 rings (SSSR count). The summed E-state index contributed by atoms with van der Waals surface area (Å²) in [5.41, 5.74) is 3.59. The number of hydrogen-bond donors (Lipinski definition) is 3. The van der Waals surface area contributed by atoms with Gasteiger partial charge in [0, 0.05) is 49.5 Å². The van der Waals surface area contributed by atoms with Gasteiger partial charge in [-0.15, -0.1) is 24.0 Å². The molecule has 3 N–H and O–H groups in total. The Hall–Kier alpha value is -2.29. The van der Waals surface area contributed by atoms with Crippen LogP contribution >= 0.6 is 24.0 Å². The third kappa shape index (κ3) is 5.87. The van der Waals surface area contributed by atoms with E-state index >= 15 is 0 Å². The molecule has 0 radical (unpaired) electrons. The number of nitrogens with zero attached hydrogens (tertiary/aromatic N) is 2. The van der Waals surface area contributed by atoms with Crippen molar-refractivity contribution in [3.8, 4) is 5.88 Å². The third-order valence-corrected chi connectivity index (χ3v) is 5.43. The van der Waals surface area contributed by atoms with E-state index in [-0.39, 0.29) is 24.0 Å². The largest absolute Gasteiger partial charge is 0.474 e. The minimum atomic E-state index is 0. The molecule has 1 saturated carbocycles. The average Bonchev–Trinajstić information content (AvgIpc) is 3.42. The van der Waals surface area contributed by atoms with Crippen LogP contribution < -0.4 is 15.4 Å². The van der Waals surface area contributed by atoms with Gasteiger partial charge in [-0.2, -0.15) is 0 Å². The highest BCUT2D eigenvalue weighted by Crippen LogP contribution is 2.22. The number of aliphatic imine (C=N–C) groups is 1. The van der Waals surface area contributed by atoms with Crippen LogP contribution in [-0.2, 0) is 13.0 Å². The summed E-state index contributed by atoms with van der Waals surface area (Å²) in [6.07, 6.45) is 10.0. The molecular weight excluding hydrogens is 489 g/mol. The summed E-state index contributed by atoms with van der Waals surface area (Å²) in [5, 5.41) is 8.01. The first-order valence-corrected chi connectivity index (χ1v) is 10.4. The molecule has 160 valence electrons. The van der Waals surface area contributed by atoms with Crippen LogP contribution in [0.4, 0.5) is 0 Å². The molecule has 1 fully saturated rings. The van der Waals surface area contributed by atoms with Crippen molar-refractivity contribution in [3.63, 3.8) is 0 Å². The molecule has 2 heterocycles. The van der Waals surface area contributed by atoms with E-state index in [1.165, 1.54) is 29.3 Å². The van der Waals surface area contributed by atoms with Crippen molar-refractivity contribution >= 4 is 40.8 Å². The number of pyridine rings is 1. The van der Waals surface area contributed by atoms with Crippen molar-refractivity contribution < 1.29 is 4.74 Å². The molecule has 0 saturated heterocycles. The second kappa shape index (κ2) is 11.2. The number of ether oxygens (including phenoxy) is 1. The van der Waals surface area contributed by atoms with Gasteiger partial charge in [0.25, 0.3) is 0 Å². The molecule has 0 spiro atoms. The van der Waals surface area contributed by atoms with Gasteiger partial charge in [-0.3, -0.25) is 4.99 Å². The number of benzene rings is 1. The molecule has 2 aromatic heterocycles. The Bertz CT molecular complexity index is 948. The number of nitrogens with one attached hydrogen (secondary N) is 3. The zero-order valence-electron chi connectivity index (χ0n) is 17.4. The van der Waals surface area contributed by atoms with Gasteiger partial charge in [0.15, 0.2) is 5.96 Å². The number of hydrogen-bond acceptors (Lipinski definition) is 3. The Morgan fingerprint density at radius 2 is 2.00 bits per heavy atom. The fraction of sp³-hybridized carbons (Fsp3) is 0.391. The molecule has 0 atom stereocenters.